The van der Waals surface area contributed by atoms with Crippen molar-refractivity contribution in [2.24, 2.45) is 0 Å². The molecule has 0 aliphatic carbocycles. The Labute approximate surface area is 122 Å². The molecule has 1 aliphatic rings. The number of hydrogen-bond donors (Lipinski definition) is 1. The van der Waals surface area contributed by atoms with Crippen LogP contribution < -0.4 is 5.32 Å². The van der Waals surface area contributed by atoms with Gasteiger partial charge in [-0.1, -0.05) is 0 Å². The van der Waals surface area contributed by atoms with Gasteiger partial charge in [0.1, 0.15) is 23.2 Å². The topological polar surface area (TPSA) is 64.0 Å². The van der Waals surface area contributed by atoms with Crippen molar-refractivity contribution < 1.29 is 18.4 Å². The van der Waals surface area contributed by atoms with Crippen molar-refractivity contribution in [2.45, 2.75) is 24.8 Å². The second-order valence-corrected chi connectivity index (χ2v) is 5.02. The molecule has 110 valence electrons. The van der Waals surface area contributed by atoms with Crippen molar-refractivity contribution in [2.75, 3.05) is 0 Å². The quantitative estimate of drug-likeness (QED) is 0.681. The van der Waals surface area contributed by atoms with Crippen molar-refractivity contribution >= 4 is 34.4 Å². The molecule has 1 aliphatic heterocycles. The van der Waals surface area contributed by atoms with E-state index in [2.05, 4.69) is 10.3 Å². The van der Waals surface area contributed by atoms with Crippen LogP contribution in [0.3, 0.4) is 0 Å². The number of amides is 2. The van der Waals surface area contributed by atoms with E-state index in [1.165, 1.54) is 4.57 Å². The molecule has 5 nitrogen and oxygen atoms in total. The minimum atomic E-state index is -0.817. The Morgan fingerprint density at radius 3 is 2.81 bits per heavy atom. The van der Waals surface area contributed by atoms with Crippen LogP contribution in [0.5, 0.6) is 0 Å². The number of rotatable bonds is 2. The van der Waals surface area contributed by atoms with Crippen molar-refractivity contribution in [3.63, 3.8) is 0 Å². The van der Waals surface area contributed by atoms with E-state index >= 15 is 0 Å². The first kappa shape index (κ1) is 13.9. The molecule has 1 aromatic carbocycles. The molecule has 21 heavy (non-hydrogen) atoms. The number of nitrogens with zero attached hydrogens (tertiary/aromatic N) is 2. The second kappa shape index (κ2) is 5.07. The summed E-state index contributed by atoms with van der Waals surface area (Å²) in [4.78, 5) is 27.2. The standard InChI is InChI=1S/C13H10ClF2N3O2/c14-5-10-17-12-7(16)3-6(15)4-9(12)19(10)8-1-2-11(20)18-13(8)21/h3-4,8H,1-2,5H2,(H,18,20,21). The average molecular weight is 314 g/mol. The molecular weight excluding hydrogens is 304 g/mol. The summed E-state index contributed by atoms with van der Waals surface area (Å²) in [5.74, 6) is -2.29. The normalized spacial score (nSPS) is 19.1. The number of benzene rings is 1. The number of imidazole rings is 1. The number of halogens is 3. The molecule has 0 bridgehead atoms. The zero-order valence-electron chi connectivity index (χ0n) is 10.7. The highest BCUT2D eigenvalue weighted by Gasteiger charge is 2.31. The molecule has 8 heteroatoms. The summed E-state index contributed by atoms with van der Waals surface area (Å²) in [5.41, 5.74) is 0.106. The van der Waals surface area contributed by atoms with Crippen LogP contribution in [0.15, 0.2) is 12.1 Å². The van der Waals surface area contributed by atoms with Gasteiger partial charge in [-0.3, -0.25) is 14.9 Å². The minimum absolute atomic E-state index is 0.0447. The molecule has 2 heterocycles. The summed E-state index contributed by atoms with van der Waals surface area (Å²) in [6.07, 6.45) is 0.383. The molecular formula is C13H10ClF2N3O2. The fourth-order valence-corrected chi connectivity index (χ4v) is 2.73. The molecule has 1 atom stereocenters. The summed E-state index contributed by atoms with van der Waals surface area (Å²) in [5, 5.41) is 2.21. The molecule has 0 saturated carbocycles. The summed E-state index contributed by atoms with van der Waals surface area (Å²) in [6.45, 7) is 0. The third kappa shape index (κ3) is 2.27. The predicted octanol–water partition coefficient (Wildman–Crippen LogP) is 2.03. The monoisotopic (exact) mass is 313 g/mol. The number of imide groups is 1. The molecule has 1 aromatic heterocycles. The number of carbonyl (C=O) groups excluding carboxylic acids is 2. The van der Waals surface area contributed by atoms with Crippen LogP contribution in [-0.2, 0) is 15.5 Å². The highest BCUT2D eigenvalue weighted by molar-refractivity contribution is 6.17. The molecule has 1 unspecified atom stereocenters. The van der Waals surface area contributed by atoms with Gasteiger partial charge in [0, 0.05) is 18.6 Å². The van der Waals surface area contributed by atoms with Gasteiger partial charge in [0.2, 0.25) is 11.8 Å². The van der Waals surface area contributed by atoms with Crippen LogP contribution >= 0.6 is 11.6 Å². The number of piperidine rings is 1. The lowest BCUT2D eigenvalue weighted by atomic mass is 10.1. The van der Waals surface area contributed by atoms with Crippen molar-refractivity contribution in [1.29, 1.82) is 0 Å². The van der Waals surface area contributed by atoms with Crippen LogP contribution in [0.1, 0.15) is 24.7 Å². The van der Waals surface area contributed by atoms with Crippen LogP contribution in [0, 0.1) is 11.6 Å². The Morgan fingerprint density at radius 2 is 2.14 bits per heavy atom. The zero-order chi connectivity index (χ0) is 15.1. The Hall–Kier alpha value is -2.02. The smallest absolute Gasteiger partial charge is 0.249 e. The maximum atomic E-state index is 13.8. The summed E-state index contributed by atoms with van der Waals surface area (Å²) in [6, 6.07) is 1.07. The Balaban J connectivity index is 2.21. The number of hydrogen-bond acceptors (Lipinski definition) is 3. The third-order valence-corrected chi connectivity index (χ3v) is 3.67. The highest BCUT2D eigenvalue weighted by Crippen LogP contribution is 2.29. The number of fused-ring (bicyclic) bond motifs is 1. The number of nitrogens with one attached hydrogen (secondary N) is 1. The van der Waals surface area contributed by atoms with Gasteiger partial charge in [-0.25, -0.2) is 13.8 Å². The Morgan fingerprint density at radius 1 is 1.38 bits per heavy atom. The van der Waals surface area contributed by atoms with Gasteiger partial charge in [-0.15, -0.1) is 11.6 Å². The van der Waals surface area contributed by atoms with E-state index in [-0.39, 0.29) is 41.5 Å². The van der Waals surface area contributed by atoms with Gasteiger partial charge in [-0.05, 0) is 6.42 Å². The maximum Gasteiger partial charge on any atom is 0.249 e. The van der Waals surface area contributed by atoms with E-state index in [9.17, 15) is 18.4 Å². The lowest BCUT2D eigenvalue weighted by molar-refractivity contribution is -0.135. The molecule has 2 amide bonds. The van der Waals surface area contributed by atoms with E-state index in [1.807, 2.05) is 0 Å². The lowest BCUT2D eigenvalue weighted by Gasteiger charge is -2.24. The molecule has 1 saturated heterocycles. The first-order chi connectivity index (χ1) is 10.0. The summed E-state index contributed by atoms with van der Waals surface area (Å²) >= 11 is 5.79. The minimum Gasteiger partial charge on any atom is -0.314 e. The lowest BCUT2D eigenvalue weighted by Crippen LogP contribution is -2.42. The predicted molar refractivity (Wildman–Crippen MR) is 70.6 cm³/mol. The van der Waals surface area contributed by atoms with Crippen LogP contribution in [0.25, 0.3) is 11.0 Å². The summed E-state index contributed by atoms with van der Waals surface area (Å²) < 4.78 is 28.6. The van der Waals surface area contributed by atoms with E-state index in [1.54, 1.807) is 0 Å². The van der Waals surface area contributed by atoms with Gasteiger partial charge < -0.3 is 4.57 Å². The fourth-order valence-electron chi connectivity index (χ4n) is 2.54. The van der Waals surface area contributed by atoms with Crippen molar-refractivity contribution in [1.82, 2.24) is 14.9 Å². The van der Waals surface area contributed by atoms with Gasteiger partial charge in [0.15, 0.2) is 5.82 Å². The van der Waals surface area contributed by atoms with E-state index in [4.69, 9.17) is 11.6 Å². The number of carbonyl (C=O) groups is 2. The highest BCUT2D eigenvalue weighted by atomic mass is 35.5. The average Bonchev–Trinajstić information content (AvgIpc) is 2.77. The number of aromatic nitrogens is 2. The van der Waals surface area contributed by atoms with Crippen molar-refractivity contribution in [3.05, 3.63) is 29.6 Å². The Kier molecular flexibility index (Phi) is 3.36. The van der Waals surface area contributed by atoms with E-state index in [0.717, 1.165) is 12.1 Å². The van der Waals surface area contributed by atoms with Gasteiger partial charge in [-0.2, -0.15) is 0 Å². The first-order valence-corrected chi connectivity index (χ1v) is 6.80. The van der Waals surface area contributed by atoms with E-state index in [0.29, 0.717) is 0 Å². The molecule has 2 aromatic rings. The van der Waals surface area contributed by atoms with Crippen LogP contribution in [0.4, 0.5) is 8.78 Å². The first-order valence-electron chi connectivity index (χ1n) is 6.26. The van der Waals surface area contributed by atoms with Crippen LogP contribution in [-0.4, -0.2) is 21.4 Å². The maximum absolute atomic E-state index is 13.8. The Bertz CT molecular complexity index is 759. The zero-order valence-corrected chi connectivity index (χ0v) is 11.5. The molecule has 0 radical (unpaired) electrons. The second-order valence-electron chi connectivity index (χ2n) is 4.75. The molecule has 0 spiro atoms. The van der Waals surface area contributed by atoms with Gasteiger partial charge in [0.25, 0.3) is 0 Å². The molecule has 1 N–H and O–H groups in total. The van der Waals surface area contributed by atoms with Gasteiger partial charge >= 0.3 is 0 Å². The van der Waals surface area contributed by atoms with E-state index < -0.39 is 23.6 Å². The molecule has 1 fully saturated rings. The SMILES string of the molecule is O=C1CCC(n2c(CCl)nc3c(F)cc(F)cc32)C(=O)N1. The van der Waals surface area contributed by atoms with Crippen LogP contribution in [0.2, 0.25) is 0 Å². The molecule has 3 rings (SSSR count). The van der Waals surface area contributed by atoms with Crippen molar-refractivity contribution in [3.8, 4) is 0 Å². The number of alkyl halides is 1. The largest absolute Gasteiger partial charge is 0.314 e. The third-order valence-electron chi connectivity index (χ3n) is 3.43. The summed E-state index contributed by atoms with van der Waals surface area (Å²) in [7, 11) is 0. The van der Waals surface area contributed by atoms with Gasteiger partial charge in [0.05, 0.1) is 11.4 Å². The fraction of sp³-hybridized carbons (Fsp3) is 0.308.